The van der Waals surface area contributed by atoms with Crippen molar-refractivity contribution >= 4 is 17.0 Å². The molecule has 118 valence electrons. The second-order valence-corrected chi connectivity index (χ2v) is 5.49. The zero-order valence-corrected chi connectivity index (χ0v) is 13.5. The molecule has 2 rings (SSSR count). The second-order valence-electron chi connectivity index (χ2n) is 5.49. The lowest BCUT2D eigenvalue weighted by atomic mass is 10.2. The van der Waals surface area contributed by atoms with E-state index >= 15 is 0 Å². The Morgan fingerprint density at radius 2 is 1.77 bits per heavy atom. The first-order chi connectivity index (χ1) is 10.8. The third kappa shape index (κ3) is 3.94. The molecule has 0 spiro atoms. The van der Waals surface area contributed by atoms with Gasteiger partial charge in [-0.3, -0.25) is 0 Å². The topological polar surface area (TPSA) is 81.5 Å². The Kier molecular flexibility index (Phi) is 6.13. The van der Waals surface area contributed by atoms with Crippen molar-refractivity contribution in [2.75, 3.05) is 18.0 Å². The number of H-pyrrole nitrogens is 1. The summed E-state index contributed by atoms with van der Waals surface area (Å²) in [6.45, 7) is 6.31. The van der Waals surface area contributed by atoms with Crippen LogP contribution in [0.2, 0.25) is 0 Å². The monoisotopic (exact) mass is 300 g/mol. The molecule has 0 aliphatic rings. The predicted molar refractivity (Wildman–Crippen MR) is 87.7 cm³/mol. The number of hydrogen-bond acceptors (Lipinski definition) is 5. The summed E-state index contributed by atoms with van der Waals surface area (Å²) >= 11 is 0. The van der Waals surface area contributed by atoms with Gasteiger partial charge in [-0.2, -0.15) is 15.2 Å². The molecule has 6 nitrogen and oxygen atoms in total. The Hall–Kier alpha value is -2.16. The van der Waals surface area contributed by atoms with Crippen molar-refractivity contribution in [3.63, 3.8) is 0 Å². The lowest BCUT2D eigenvalue weighted by molar-refractivity contribution is 0.632. The smallest absolute Gasteiger partial charge is 0.236 e. The minimum atomic E-state index is 0.186. The summed E-state index contributed by atoms with van der Waals surface area (Å²) in [7, 11) is 0. The normalized spacial score (nSPS) is 10.8. The van der Waals surface area contributed by atoms with Crippen molar-refractivity contribution in [1.82, 2.24) is 19.9 Å². The first kappa shape index (κ1) is 16.2. The average Bonchev–Trinajstić information content (AvgIpc) is 3.01. The number of anilines is 1. The average molecular weight is 300 g/mol. The summed E-state index contributed by atoms with van der Waals surface area (Å²) in [5.41, 5.74) is 1.39. The molecular formula is C16H24N6. The van der Waals surface area contributed by atoms with Crippen LogP contribution in [0.5, 0.6) is 0 Å². The Bertz CT molecular complexity index is 617. The molecule has 0 radical (unpaired) electrons. The molecule has 0 aliphatic heterocycles. The first-order valence-corrected chi connectivity index (χ1v) is 8.16. The van der Waals surface area contributed by atoms with Crippen LogP contribution in [0, 0.1) is 11.3 Å². The largest absolute Gasteiger partial charge is 0.355 e. The summed E-state index contributed by atoms with van der Waals surface area (Å²) in [4.78, 5) is 18.1. The van der Waals surface area contributed by atoms with Crippen LogP contribution < -0.4 is 4.90 Å². The van der Waals surface area contributed by atoms with Gasteiger partial charge in [0.25, 0.3) is 0 Å². The van der Waals surface area contributed by atoms with E-state index in [1.807, 2.05) is 6.07 Å². The van der Waals surface area contributed by atoms with E-state index in [-0.39, 0.29) is 5.82 Å². The highest BCUT2D eigenvalue weighted by Crippen LogP contribution is 2.22. The van der Waals surface area contributed by atoms with Crippen molar-refractivity contribution in [2.24, 2.45) is 0 Å². The molecular weight excluding hydrogens is 276 g/mol. The van der Waals surface area contributed by atoms with Gasteiger partial charge in [-0.1, -0.05) is 39.5 Å². The Morgan fingerprint density at radius 3 is 2.36 bits per heavy atom. The maximum absolute atomic E-state index is 9.14. The number of fused-ring (bicyclic) bond motifs is 1. The highest BCUT2D eigenvalue weighted by atomic mass is 15.2. The lowest BCUT2D eigenvalue weighted by Crippen LogP contribution is -2.27. The molecule has 0 saturated carbocycles. The zero-order valence-electron chi connectivity index (χ0n) is 13.5. The number of rotatable bonds is 9. The number of nitrogens with zero attached hydrogens (tertiary/aromatic N) is 5. The van der Waals surface area contributed by atoms with Gasteiger partial charge in [-0.15, -0.1) is 0 Å². The molecule has 0 aliphatic carbocycles. The first-order valence-electron chi connectivity index (χ1n) is 8.16. The van der Waals surface area contributed by atoms with Crippen molar-refractivity contribution in [2.45, 2.75) is 52.4 Å². The van der Waals surface area contributed by atoms with E-state index in [0.717, 1.165) is 37.3 Å². The Labute approximate surface area is 131 Å². The minimum Gasteiger partial charge on any atom is -0.355 e. The van der Waals surface area contributed by atoms with Crippen LogP contribution in [0.3, 0.4) is 0 Å². The number of aromatic amines is 1. The number of nitriles is 1. The standard InChI is InChI=1S/C16H24N6/c1-3-5-7-9-22(10-8-6-4-2)16-14-15(19-12-18-14)20-13(11-17)21-16/h12H,3-10H2,1-2H3,(H,18,19,20,21). The second kappa shape index (κ2) is 8.32. The van der Waals surface area contributed by atoms with Gasteiger partial charge >= 0.3 is 0 Å². The van der Waals surface area contributed by atoms with Crippen molar-refractivity contribution in [3.05, 3.63) is 12.2 Å². The third-order valence-corrected chi connectivity index (χ3v) is 3.73. The fraction of sp³-hybridized carbons (Fsp3) is 0.625. The molecule has 0 unspecified atom stereocenters. The van der Waals surface area contributed by atoms with Crippen LogP contribution in [0.1, 0.15) is 58.2 Å². The van der Waals surface area contributed by atoms with Gasteiger partial charge < -0.3 is 9.88 Å². The van der Waals surface area contributed by atoms with E-state index in [0.29, 0.717) is 5.65 Å². The number of nitrogens with one attached hydrogen (secondary N) is 1. The van der Waals surface area contributed by atoms with Crippen molar-refractivity contribution < 1.29 is 0 Å². The van der Waals surface area contributed by atoms with E-state index in [9.17, 15) is 0 Å². The highest BCUT2D eigenvalue weighted by Gasteiger charge is 2.16. The quantitative estimate of drug-likeness (QED) is 0.718. The van der Waals surface area contributed by atoms with Gasteiger partial charge in [0.2, 0.25) is 5.82 Å². The van der Waals surface area contributed by atoms with Crippen LogP contribution in [-0.4, -0.2) is 33.0 Å². The molecule has 22 heavy (non-hydrogen) atoms. The van der Waals surface area contributed by atoms with Gasteiger partial charge in [0.1, 0.15) is 11.6 Å². The molecule has 0 saturated heterocycles. The molecule has 0 fully saturated rings. The SMILES string of the molecule is CCCCCN(CCCCC)c1nc(C#N)nc2nc[nH]c12. The summed E-state index contributed by atoms with van der Waals surface area (Å²) in [6, 6.07) is 2.04. The summed E-state index contributed by atoms with van der Waals surface area (Å²) in [6.07, 6.45) is 8.65. The predicted octanol–water partition coefficient (Wildman–Crippen LogP) is 3.41. The van der Waals surface area contributed by atoms with Gasteiger partial charge in [-0.05, 0) is 12.8 Å². The molecule has 0 atom stereocenters. The lowest BCUT2D eigenvalue weighted by Gasteiger charge is -2.24. The molecule has 0 amide bonds. The van der Waals surface area contributed by atoms with Gasteiger partial charge in [0.15, 0.2) is 11.5 Å². The van der Waals surface area contributed by atoms with E-state index < -0.39 is 0 Å². The van der Waals surface area contributed by atoms with Crippen LogP contribution in [-0.2, 0) is 0 Å². The fourth-order valence-electron chi connectivity index (χ4n) is 2.53. The van der Waals surface area contributed by atoms with E-state index in [2.05, 4.69) is 38.7 Å². The Balaban J connectivity index is 2.28. The number of imidazole rings is 1. The van der Waals surface area contributed by atoms with Crippen LogP contribution >= 0.6 is 0 Å². The van der Waals surface area contributed by atoms with Crippen LogP contribution in [0.25, 0.3) is 11.2 Å². The molecule has 0 bridgehead atoms. The third-order valence-electron chi connectivity index (χ3n) is 3.73. The molecule has 2 heterocycles. The highest BCUT2D eigenvalue weighted by molar-refractivity contribution is 5.83. The van der Waals surface area contributed by atoms with Gasteiger partial charge in [0, 0.05) is 13.1 Å². The maximum Gasteiger partial charge on any atom is 0.236 e. The van der Waals surface area contributed by atoms with Crippen LogP contribution in [0.15, 0.2) is 6.33 Å². The maximum atomic E-state index is 9.14. The van der Waals surface area contributed by atoms with Crippen molar-refractivity contribution in [1.29, 1.82) is 5.26 Å². The number of unbranched alkanes of at least 4 members (excludes halogenated alkanes) is 4. The minimum absolute atomic E-state index is 0.186. The van der Waals surface area contributed by atoms with E-state index in [1.165, 1.54) is 25.7 Å². The van der Waals surface area contributed by atoms with Crippen molar-refractivity contribution in [3.8, 4) is 6.07 Å². The molecule has 1 N–H and O–H groups in total. The summed E-state index contributed by atoms with van der Waals surface area (Å²) in [5.74, 6) is 0.997. The van der Waals surface area contributed by atoms with Gasteiger partial charge in [0.05, 0.1) is 6.33 Å². The zero-order chi connectivity index (χ0) is 15.8. The molecule has 0 aromatic carbocycles. The summed E-state index contributed by atoms with van der Waals surface area (Å²) < 4.78 is 0. The molecule has 2 aromatic rings. The molecule has 2 aromatic heterocycles. The summed E-state index contributed by atoms with van der Waals surface area (Å²) in [5, 5.41) is 9.14. The van der Waals surface area contributed by atoms with E-state index in [4.69, 9.17) is 5.26 Å². The number of aromatic nitrogens is 4. The van der Waals surface area contributed by atoms with Gasteiger partial charge in [-0.25, -0.2) is 4.98 Å². The Morgan fingerprint density at radius 1 is 1.09 bits per heavy atom. The fourth-order valence-corrected chi connectivity index (χ4v) is 2.53. The molecule has 6 heteroatoms. The van der Waals surface area contributed by atoms with Crippen LogP contribution in [0.4, 0.5) is 5.82 Å². The number of hydrogen-bond donors (Lipinski definition) is 1. The van der Waals surface area contributed by atoms with E-state index in [1.54, 1.807) is 6.33 Å².